The Balaban J connectivity index is 2.17. The van der Waals surface area contributed by atoms with Crippen molar-refractivity contribution in [2.75, 3.05) is 11.5 Å². The lowest BCUT2D eigenvalue weighted by Gasteiger charge is -2.31. The number of phenols is 1. The van der Waals surface area contributed by atoms with Crippen molar-refractivity contribution >= 4 is 23.5 Å². The highest BCUT2D eigenvalue weighted by Crippen LogP contribution is 2.36. The first-order valence-corrected chi connectivity index (χ1v) is 7.48. The molecule has 1 aliphatic heterocycles. The quantitative estimate of drug-likeness (QED) is 0.531. The first-order valence-electron chi connectivity index (χ1n) is 7.48. The summed E-state index contributed by atoms with van der Waals surface area (Å²) in [6, 6.07) is 12.4. The third-order valence-corrected chi connectivity index (χ3v) is 3.82. The van der Waals surface area contributed by atoms with Gasteiger partial charge in [-0.05, 0) is 30.7 Å². The van der Waals surface area contributed by atoms with Gasteiger partial charge in [-0.15, -0.1) is 0 Å². The fourth-order valence-electron chi connectivity index (χ4n) is 2.76. The molecule has 2 amide bonds. The van der Waals surface area contributed by atoms with Gasteiger partial charge in [-0.25, -0.2) is 4.90 Å². The second-order valence-electron chi connectivity index (χ2n) is 5.24. The third-order valence-electron chi connectivity index (χ3n) is 3.82. The van der Waals surface area contributed by atoms with Gasteiger partial charge in [0.1, 0.15) is 5.75 Å². The van der Waals surface area contributed by atoms with Crippen LogP contribution in [-0.4, -0.2) is 29.5 Å². The average Bonchev–Trinajstić information content (AvgIpc) is 2.57. The Labute approximate surface area is 138 Å². The van der Waals surface area contributed by atoms with Crippen molar-refractivity contribution in [2.24, 2.45) is 0 Å². The van der Waals surface area contributed by atoms with Crippen LogP contribution in [0.2, 0.25) is 0 Å². The Morgan fingerprint density at radius 1 is 1.12 bits per heavy atom. The number of hydrogen-bond acceptors (Lipinski definition) is 5. The van der Waals surface area contributed by atoms with Crippen molar-refractivity contribution in [1.29, 1.82) is 0 Å². The van der Waals surface area contributed by atoms with Crippen molar-refractivity contribution in [1.82, 2.24) is 0 Å². The molecule has 0 saturated heterocycles. The predicted octanol–water partition coefficient (Wildman–Crippen LogP) is 2.23. The Hall–Kier alpha value is -3.15. The highest BCUT2D eigenvalue weighted by molar-refractivity contribution is 6.30. The Kier molecular flexibility index (Phi) is 4.04. The lowest BCUT2D eigenvalue weighted by molar-refractivity contribution is -0.147. The van der Waals surface area contributed by atoms with E-state index in [0.29, 0.717) is 5.56 Å². The number of para-hydroxylation sites is 2. The van der Waals surface area contributed by atoms with Gasteiger partial charge < -0.3 is 9.84 Å². The fraction of sp³-hybridized carbons (Fsp3) is 0.167. The minimum Gasteiger partial charge on any atom is -0.506 e. The number of aromatic hydroxyl groups is 1. The lowest BCUT2D eigenvalue weighted by Crippen LogP contribution is -2.47. The molecule has 0 aliphatic carbocycles. The average molecular weight is 325 g/mol. The van der Waals surface area contributed by atoms with E-state index in [1.54, 1.807) is 43.3 Å². The number of carbonyl (C=O) groups is 3. The van der Waals surface area contributed by atoms with Crippen LogP contribution in [-0.2, 0) is 14.3 Å². The Bertz CT molecular complexity index is 830. The van der Waals surface area contributed by atoms with E-state index in [-0.39, 0.29) is 23.6 Å². The summed E-state index contributed by atoms with van der Waals surface area (Å²) < 4.78 is 5.00. The van der Waals surface area contributed by atoms with E-state index < -0.39 is 23.7 Å². The van der Waals surface area contributed by atoms with Gasteiger partial charge in [-0.2, -0.15) is 0 Å². The van der Waals surface area contributed by atoms with Crippen LogP contribution >= 0.6 is 0 Å². The second kappa shape index (κ2) is 6.16. The van der Waals surface area contributed by atoms with Crippen molar-refractivity contribution < 1.29 is 24.2 Å². The summed E-state index contributed by atoms with van der Waals surface area (Å²) >= 11 is 0. The number of hydrogen-bond donors (Lipinski definition) is 1. The maximum atomic E-state index is 12.9. The van der Waals surface area contributed by atoms with Crippen molar-refractivity contribution in [3.8, 4) is 5.75 Å². The highest BCUT2D eigenvalue weighted by atomic mass is 16.5. The molecular weight excluding hydrogens is 310 g/mol. The van der Waals surface area contributed by atoms with Gasteiger partial charge >= 0.3 is 5.97 Å². The molecule has 2 aromatic carbocycles. The van der Waals surface area contributed by atoms with Gasteiger partial charge in [0.05, 0.1) is 12.3 Å². The molecule has 122 valence electrons. The van der Waals surface area contributed by atoms with Crippen LogP contribution in [0.5, 0.6) is 5.75 Å². The molecule has 0 radical (unpaired) electrons. The first-order chi connectivity index (χ1) is 11.6. The van der Waals surface area contributed by atoms with Gasteiger partial charge in [-0.1, -0.05) is 30.3 Å². The molecule has 1 heterocycles. The summed E-state index contributed by atoms with van der Waals surface area (Å²) in [5.41, 5.74) is 0.590. The van der Waals surface area contributed by atoms with Crippen LogP contribution in [0.4, 0.5) is 5.69 Å². The number of amides is 2. The van der Waals surface area contributed by atoms with Crippen LogP contribution in [0.15, 0.2) is 48.5 Å². The number of imide groups is 1. The van der Waals surface area contributed by atoms with E-state index in [9.17, 15) is 19.5 Å². The van der Waals surface area contributed by atoms with Crippen molar-refractivity contribution in [3.63, 3.8) is 0 Å². The molecule has 1 unspecified atom stereocenters. The van der Waals surface area contributed by atoms with Crippen LogP contribution in [0.1, 0.15) is 28.8 Å². The van der Waals surface area contributed by atoms with E-state index in [1.807, 2.05) is 0 Å². The monoisotopic (exact) mass is 325 g/mol. The summed E-state index contributed by atoms with van der Waals surface area (Å²) in [5.74, 6) is -3.50. The van der Waals surface area contributed by atoms with Gasteiger partial charge in [0, 0.05) is 5.56 Å². The van der Waals surface area contributed by atoms with E-state index >= 15 is 0 Å². The summed E-state index contributed by atoms with van der Waals surface area (Å²) in [6.45, 7) is 1.76. The van der Waals surface area contributed by atoms with Crippen LogP contribution in [0.3, 0.4) is 0 Å². The molecule has 1 atom stereocenters. The number of nitrogens with zero attached hydrogens (tertiary/aromatic N) is 1. The zero-order valence-corrected chi connectivity index (χ0v) is 12.9. The molecule has 24 heavy (non-hydrogen) atoms. The molecule has 0 aromatic heterocycles. The second-order valence-corrected chi connectivity index (χ2v) is 5.24. The molecule has 6 nitrogen and oxygen atoms in total. The zero-order chi connectivity index (χ0) is 17.3. The summed E-state index contributed by atoms with van der Waals surface area (Å²) in [4.78, 5) is 38.7. The Morgan fingerprint density at radius 2 is 1.79 bits per heavy atom. The molecule has 6 heteroatoms. The van der Waals surface area contributed by atoms with E-state index in [4.69, 9.17) is 4.74 Å². The minimum atomic E-state index is -1.24. The Morgan fingerprint density at radius 3 is 2.50 bits per heavy atom. The molecule has 0 bridgehead atoms. The standard InChI is InChI=1S/C18H15NO5/c1-2-24-18(23)15-11-7-3-4-8-12(11)16(21)19(17(15)22)13-9-5-6-10-14(13)20/h3-10,15,20H,2H2,1H3. The van der Waals surface area contributed by atoms with Gasteiger partial charge in [0.2, 0.25) is 0 Å². The van der Waals surface area contributed by atoms with Crippen molar-refractivity contribution in [3.05, 3.63) is 59.7 Å². The summed E-state index contributed by atoms with van der Waals surface area (Å²) in [5, 5.41) is 10.0. The number of rotatable bonds is 3. The topological polar surface area (TPSA) is 83.9 Å². The SMILES string of the molecule is CCOC(=O)C1C(=O)N(c2ccccc2O)C(=O)c2ccccc21. The van der Waals surface area contributed by atoms with Gasteiger partial charge in [-0.3, -0.25) is 14.4 Å². The maximum absolute atomic E-state index is 12.9. The molecule has 0 saturated carbocycles. The number of ether oxygens (including phenoxy) is 1. The number of phenolic OH excluding ortho intramolecular Hbond substituents is 1. The number of carbonyl (C=O) groups excluding carboxylic acids is 3. The number of benzene rings is 2. The molecule has 0 fully saturated rings. The molecule has 1 aliphatic rings. The zero-order valence-electron chi connectivity index (χ0n) is 12.9. The summed E-state index contributed by atoms with van der Waals surface area (Å²) in [6.07, 6.45) is 0. The third kappa shape index (κ3) is 2.42. The van der Waals surface area contributed by atoms with Crippen molar-refractivity contribution in [2.45, 2.75) is 12.8 Å². The number of anilines is 1. The molecule has 0 spiro atoms. The number of esters is 1. The van der Waals surface area contributed by atoms with E-state index in [1.165, 1.54) is 12.1 Å². The molecule has 3 rings (SSSR count). The van der Waals surface area contributed by atoms with E-state index in [2.05, 4.69) is 0 Å². The predicted molar refractivity (Wildman–Crippen MR) is 85.7 cm³/mol. The first kappa shape index (κ1) is 15.7. The van der Waals surface area contributed by atoms with Gasteiger partial charge in [0.15, 0.2) is 5.92 Å². The molecular formula is C18H15NO5. The minimum absolute atomic E-state index is 0.0382. The van der Waals surface area contributed by atoms with Crippen LogP contribution in [0.25, 0.3) is 0 Å². The fourth-order valence-corrected chi connectivity index (χ4v) is 2.76. The largest absolute Gasteiger partial charge is 0.506 e. The van der Waals surface area contributed by atoms with Gasteiger partial charge in [0.25, 0.3) is 11.8 Å². The summed E-state index contributed by atoms with van der Waals surface area (Å²) in [7, 11) is 0. The van der Waals surface area contributed by atoms with Crippen LogP contribution < -0.4 is 4.90 Å². The van der Waals surface area contributed by atoms with Crippen LogP contribution in [0, 0.1) is 0 Å². The maximum Gasteiger partial charge on any atom is 0.323 e. The molecule has 2 aromatic rings. The lowest BCUT2D eigenvalue weighted by atomic mass is 9.88. The molecule has 1 N–H and O–H groups in total. The smallest absolute Gasteiger partial charge is 0.323 e. The number of fused-ring (bicyclic) bond motifs is 1. The van der Waals surface area contributed by atoms with E-state index in [0.717, 1.165) is 4.90 Å². The normalized spacial score (nSPS) is 16.7. The highest BCUT2D eigenvalue weighted by Gasteiger charge is 2.44.